The number of carboxylic acid groups (broad SMARTS) is 1. The van der Waals surface area contributed by atoms with Crippen LogP contribution in [-0.4, -0.2) is 39.6 Å². The Labute approximate surface area is 184 Å². The predicted octanol–water partition coefficient (Wildman–Crippen LogP) is 3.46. The third kappa shape index (κ3) is 4.98. The number of carboxylic acids is 1. The lowest BCUT2D eigenvalue weighted by atomic mass is 10.1. The molecule has 0 radical (unpaired) electrons. The lowest BCUT2D eigenvalue weighted by Crippen LogP contribution is -2.19. The van der Waals surface area contributed by atoms with Gasteiger partial charge in [-0.25, -0.2) is 13.2 Å². The Morgan fingerprint density at radius 1 is 0.875 bits per heavy atom. The van der Waals surface area contributed by atoms with Gasteiger partial charge in [-0.15, -0.1) is 0 Å². The Hall–Kier alpha value is -4.05. The number of ether oxygens (including phenoxy) is 2. The van der Waals surface area contributed by atoms with Crippen molar-refractivity contribution in [3.05, 3.63) is 77.9 Å². The average Bonchev–Trinajstić information content (AvgIpc) is 2.79. The van der Waals surface area contributed by atoms with E-state index in [0.717, 1.165) is 6.07 Å². The molecule has 0 aromatic heterocycles. The van der Waals surface area contributed by atoms with E-state index in [1.807, 2.05) is 0 Å². The van der Waals surface area contributed by atoms with Crippen molar-refractivity contribution in [2.75, 3.05) is 24.3 Å². The molecule has 3 rings (SSSR count). The van der Waals surface area contributed by atoms with Crippen LogP contribution >= 0.6 is 0 Å². The van der Waals surface area contributed by atoms with E-state index in [2.05, 4.69) is 10.0 Å². The van der Waals surface area contributed by atoms with Gasteiger partial charge in [0.1, 0.15) is 11.5 Å². The zero-order valence-corrected chi connectivity index (χ0v) is 18.0. The van der Waals surface area contributed by atoms with E-state index in [4.69, 9.17) is 14.6 Å². The van der Waals surface area contributed by atoms with Crippen molar-refractivity contribution >= 4 is 33.3 Å². The molecule has 0 heterocycles. The van der Waals surface area contributed by atoms with Crippen molar-refractivity contribution in [1.29, 1.82) is 0 Å². The fourth-order valence-electron chi connectivity index (χ4n) is 2.86. The van der Waals surface area contributed by atoms with Gasteiger partial charge in [0.25, 0.3) is 15.9 Å². The van der Waals surface area contributed by atoms with Crippen molar-refractivity contribution in [3.8, 4) is 11.5 Å². The summed E-state index contributed by atoms with van der Waals surface area (Å²) in [6.07, 6.45) is 0. The number of methoxy groups -OCH3 is 2. The van der Waals surface area contributed by atoms with Crippen LogP contribution < -0.4 is 19.5 Å². The van der Waals surface area contributed by atoms with Crippen LogP contribution in [0.5, 0.6) is 11.5 Å². The second kappa shape index (κ2) is 9.40. The van der Waals surface area contributed by atoms with E-state index in [9.17, 15) is 18.0 Å². The number of aromatic carboxylic acids is 1. The maximum atomic E-state index is 12.9. The molecule has 3 aromatic rings. The number of benzene rings is 3. The largest absolute Gasteiger partial charge is 0.497 e. The van der Waals surface area contributed by atoms with Crippen LogP contribution in [0, 0.1) is 0 Å². The number of carbonyl (C=O) groups is 2. The molecular weight excluding hydrogens is 436 g/mol. The number of para-hydroxylation sites is 1. The van der Waals surface area contributed by atoms with Gasteiger partial charge in [-0.2, -0.15) is 0 Å². The highest BCUT2D eigenvalue weighted by atomic mass is 32.2. The SMILES string of the molecule is COc1ccc(NC(=O)c2ccccc2NS(=O)(=O)c2cccc(C(=O)O)c2)c(OC)c1. The summed E-state index contributed by atoms with van der Waals surface area (Å²) in [6.45, 7) is 0. The van der Waals surface area contributed by atoms with Crippen molar-refractivity contribution < 1.29 is 32.6 Å². The molecule has 0 aliphatic heterocycles. The molecule has 0 saturated carbocycles. The molecule has 0 unspecified atom stereocenters. The quantitative estimate of drug-likeness (QED) is 0.473. The van der Waals surface area contributed by atoms with E-state index in [0.29, 0.717) is 17.2 Å². The first kappa shape index (κ1) is 22.6. The van der Waals surface area contributed by atoms with Crippen molar-refractivity contribution in [2.45, 2.75) is 4.90 Å². The van der Waals surface area contributed by atoms with Crippen molar-refractivity contribution in [1.82, 2.24) is 0 Å². The summed E-state index contributed by atoms with van der Waals surface area (Å²) in [4.78, 5) is 23.8. The van der Waals surface area contributed by atoms with E-state index >= 15 is 0 Å². The average molecular weight is 456 g/mol. The lowest BCUT2D eigenvalue weighted by molar-refractivity contribution is 0.0696. The molecule has 0 bridgehead atoms. The summed E-state index contributed by atoms with van der Waals surface area (Å²) >= 11 is 0. The van der Waals surface area contributed by atoms with Crippen LogP contribution in [0.25, 0.3) is 0 Å². The molecule has 166 valence electrons. The Morgan fingerprint density at radius 3 is 2.31 bits per heavy atom. The minimum Gasteiger partial charge on any atom is -0.497 e. The molecule has 3 aromatic carbocycles. The molecule has 0 saturated heterocycles. The smallest absolute Gasteiger partial charge is 0.335 e. The zero-order chi connectivity index (χ0) is 23.3. The standard InChI is InChI=1S/C22H20N2O7S/c1-30-15-10-11-19(20(13-15)31-2)23-21(25)17-8-3-4-9-18(17)24-32(28,29)16-7-5-6-14(12-16)22(26)27/h3-13,24H,1-2H3,(H,23,25)(H,26,27). The van der Waals surface area contributed by atoms with Gasteiger partial charge in [0, 0.05) is 6.07 Å². The van der Waals surface area contributed by atoms with Crippen LogP contribution in [-0.2, 0) is 10.0 Å². The van der Waals surface area contributed by atoms with Gasteiger partial charge in [0.2, 0.25) is 0 Å². The number of hydrogen-bond donors (Lipinski definition) is 3. The zero-order valence-electron chi connectivity index (χ0n) is 17.2. The summed E-state index contributed by atoms with van der Waals surface area (Å²) in [5.74, 6) is -0.931. The van der Waals surface area contributed by atoms with E-state index in [-0.39, 0.29) is 21.7 Å². The number of amides is 1. The fourth-order valence-corrected chi connectivity index (χ4v) is 3.99. The highest BCUT2D eigenvalue weighted by Crippen LogP contribution is 2.30. The summed E-state index contributed by atoms with van der Waals surface area (Å²) in [6, 6.07) is 15.8. The third-order valence-electron chi connectivity index (χ3n) is 4.46. The second-order valence-electron chi connectivity index (χ2n) is 6.50. The first-order chi connectivity index (χ1) is 15.2. The van der Waals surface area contributed by atoms with Crippen molar-refractivity contribution in [3.63, 3.8) is 0 Å². The topological polar surface area (TPSA) is 131 Å². The molecule has 32 heavy (non-hydrogen) atoms. The van der Waals surface area contributed by atoms with Gasteiger partial charge < -0.3 is 19.9 Å². The summed E-state index contributed by atoms with van der Waals surface area (Å²) < 4.78 is 38.4. The lowest BCUT2D eigenvalue weighted by Gasteiger charge is -2.15. The van der Waals surface area contributed by atoms with Gasteiger partial charge in [0.15, 0.2) is 0 Å². The number of nitrogens with one attached hydrogen (secondary N) is 2. The minimum absolute atomic E-state index is 0.0261. The first-order valence-electron chi connectivity index (χ1n) is 9.23. The Morgan fingerprint density at radius 2 is 1.62 bits per heavy atom. The van der Waals surface area contributed by atoms with Gasteiger partial charge in [-0.1, -0.05) is 18.2 Å². The molecule has 0 fully saturated rings. The Balaban J connectivity index is 1.90. The second-order valence-corrected chi connectivity index (χ2v) is 8.19. The highest BCUT2D eigenvalue weighted by Gasteiger charge is 2.20. The van der Waals surface area contributed by atoms with Gasteiger partial charge in [-0.3, -0.25) is 9.52 Å². The van der Waals surface area contributed by atoms with Gasteiger partial charge in [-0.05, 0) is 42.5 Å². The van der Waals surface area contributed by atoms with Crippen LogP contribution in [0.3, 0.4) is 0 Å². The molecule has 3 N–H and O–H groups in total. The summed E-state index contributed by atoms with van der Waals surface area (Å²) in [7, 11) is -1.21. The molecular formula is C22H20N2O7S. The van der Waals surface area contributed by atoms with Crippen LogP contribution in [0.2, 0.25) is 0 Å². The molecule has 0 spiro atoms. The molecule has 9 nitrogen and oxygen atoms in total. The van der Waals surface area contributed by atoms with E-state index < -0.39 is 21.9 Å². The van der Waals surface area contributed by atoms with Crippen LogP contribution in [0.4, 0.5) is 11.4 Å². The highest BCUT2D eigenvalue weighted by molar-refractivity contribution is 7.92. The summed E-state index contributed by atoms with van der Waals surface area (Å²) in [5.41, 5.74) is 0.275. The van der Waals surface area contributed by atoms with Crippen molar-refractivity contribution in [2.24, 2.45) is 0 Å². The number of anilines is 2. The number of carbonyl (C=O) groups excluding carboxylic acids is 1. The molecule has 0 aliphatic rings. The van der Waals surface area contributed by atoms with Gasteiger partial charge in [0.05, 0.1) is 41.6 Å². The normalized spacial score (nSPS) is 10.8. The first-order valence-corrected chi connectivity index (χ1v) is 10.7. The number of sulfonamides is 1. The Kier molecular flexibility index (Phi) is 6.64. The van der Waals surface area contributed by atoms with Crippen LogP contribution in [0.15, 0.2) is 71.6 Å². The maximum Gasteiger partial charge on any atom is 0.335 e. The molecule has 10 heteroatoms. The Bertz CT molecular complexity index is 1270. The number of rotatable bonds is 8. The summed E-state index contributed by atoms with van der Waals surface area (Å²) in [5, 5.41) is 11.8. The molecule has 0 aliphatic carbocycles. The number of hydrogen-bond acceptors (Lipinski definition) is 6. The fraction of sp³-hybridized carbons (Fsp3) is 0.0909. The third-order valence-corrected chi connectivity index (χ3v) is 5.83. The maximum absolute atomic E-state index is 12.9. The van der Waals surface area contributed by atoms with E-state index in [1.165, 1.54) is 44.6 Å². The minimum atomic E-state index is -4.15. The molecule has 1 amide bonds. The van der Waals surface area contributed by atoms with E-state index in [1.54, 1.807) is 30.3 Å². The van der Waals surface area contributed by atoms with Gasteiger partial charge >= 0.3 is 5.97 Å². The predicted molar refractivity (Wildman–Crippen MR) is 118 cm³/mol. The van der Waals surface area contributed by atoms with Crippen LogP contribution in [0.1, 0.15) is 20.7 Å². The molecule has 0 atom stereocenters. The monoisotopic (exact) mass is 456 g/mol.